The number of nitrogens with one attached hydrogen (secondary N) is 1. The molecular formula is C14H16N4O3. The Morgan fingerprint density at radius 3 is 2.81 bits per heavy atom. The van der Waals surface area contributed by atoms with Gasteiger partial charge in [0.15, 0.2) is 5.82 Å². The van der Waals surface area contributed by atoms with Gasteiger partial charge in [0.1, 0.15) is 5.76 Å². The zero-order chi connectivity index (χ0) is 14.7. The van der Waals surface area contributed by atoms with Gasteiger partial charge in [-0.1, -0.05) is 5.16 Å². The Labute approximate surface area is 121 Å². The summed E-state index contributed by atoms with van der Waals surface area (Å²) >= 11 is 0. The van der Waals surface area contributed by atoms with Crippen molar-refractivity contribution in [1.29, 1.82) is 0 Å². The molecule has 2 aromatic heterocycles. The molecule has 1 N–H and O–H groups in total. The molecule has 0 atom stereocenters. The molecule has 0 radical (unpaired) electrons. The quantitative estimate of drug-likeness (QED) is 0.921. The SMILES string of the molecule is Cc1cc(NC(=O)c2cncc(N3CCOCC3)c2)no1. The van der Waals surface area contributed by atoms with Crippen molar-refractivity contribution in [3.63, 3.8) is 0 Å². The lowest BCUT2D eigenvalue weighted by molar-refractivity contribution is 0.102. The van der Waals surface area contributed by atoms with Gasteiger partial charge in [0.25, 0.3) is 5.91 Å². The van der Waals surface area contributed by atoms with Crippen LogP contribution in [0.25, 0.3) is 0 Å². The maximum absolute atomic E-state index is 12.2. The summed E-state index contributed by atoms with van der Waals surface area (Å²) < 4.78 is 10.2. The Morgan fingerprint density at radius 1 is 1.29 bits per heavy atom. The summed E-state index contributed by atoms with van der Waals surface area (Å²) in [6.45, 7) is 4.75. The van der Waals surface area contributed by atoms with Gasteiger partial charge in [0, 0.05) is 25.4 Å². The maximum atomic E-state index is 12.2. The number of nitrogens with zero attached hydrogens (tertiary/aromatic N) is 3. The predicted octanol–water partition coefficient (Wildman–Crippen LogP) is 1.47. The molecule has 21 heavy (non-hydrogen) atoms. The predicted molar refractivity (Wildman–Crippen MR) is 76.5 cm³/mol. The van der Waals surface area contributed by atoms with Gasteiger partial charge in [-0.25, -0.2) is 0 Å². The van der Waals surface area contributed by atoms with Gasteiger partial charge in [0.2, 0.25) is 0 Å². The van der Waals surface area contributed by atoms with Crippen LogP contribution in [0.1, 0.15) is 16.1 Å². The number of carbonyl (C=O) groups excluding carboxylic acids is 1. The first kappa shape index (κ1) is 13.6. The third-order valence-corrected chi connectivity index (χ3v) is 3.23. The highest BCUT2D eigenvalue weighted by Crippen LogP contribution is 2.17. The minimum absolute atomic E-state index is 0.258. The third-order valence-electron chi connectivity index (χ3n) is 3.23. The van der Waals surface area contributed by atoms with Crippen molar-refractivity contribution in [2.75, 3.05) is 36.5 Å². The van der Waals surface area contributed by atoms with E-state index in [0.29, 0.717) is 30.4 Å². The molecule has 1 amide bonds. The Kier molecular flexibility index (Phi) is 3.83. The molecule has 1 saturated heterocycles. The number of anilines is 2. The van der Waals surface area contributed by atoms with Gasteiger partial charge in [0.05, 0.1) is 30.7 Å². The fourth-order valence-corrected chi connectivity index (χ4v) is 2.16. The number of amides is 1. The van der Waals surface area contributed by atoms with Crippen LogP contribution in [0, 0.1) is 6.92 Å². The normalized spacial score (nSPS) is 15.0. The van der Waals surface area contributed by atoms with Crippen LogP contribution < -0.4 is 10.2 Å². The summed E-state index contributed by atoms with van der Waals surface area (Å²) in [7, 11) is 0. The lowest BCUT2D eigenvalue weighted by atomic mass is 10.2. The van der Waals surface area contributed by atoms with E-state index in [0.717, 1.165) is 18.8 Å². The van der Waals surface area contributed by atoms with Gasteiger partial charge in [-0.2, -0.15) is 0 Å². The summed E-state index contributed by atoms with van der Waals surface area (Å²) in [6, 6.07) is 3.48. The number of hydrogen-bond donors (Lipinski definition) is 1. The molecule has 7 heteroatoms. The molecule has 1 aliphatic rings. The topological polar surface area (TPSA) is 80.5 Å². The van der Waals surface area contributed by atoms with Crippen LogP contribution in [-0.4, -0.2) is 42.4 Å². The molecule has 3 heterocycles. The molecule has 0 saturated carbocycles. The van der Waals surface area contributed by atoms with E-state index in [1.165, 1.54) is 6.20 Å². The lowest BCUT2D eigenvalue weighted by Crippen LogP contribution is -2.36. The zero-order valence-corrected chi connectivity index (χ0v) is 11.7. The Balaban J connectivity index is 1.74. The van der Waals surface area contributed by atoms with Crippen LogP contribution in [0.15, 0.2) is 29.0 Å². The summed E-state index contributed by atoms with van der Waals surface area (Å²) in [5, 5.41) is 6.42. The van der Waals surface area contributed by atoms with E-state index < -0.39 is 0 Å². The maximum Gasteiger partial charge on any atom is 0.258 e. The second-order valence-corrected chi connectivity index (χ2v) is 4.81. The first-order valence-electron chi connectivity index (χ1n) is 6.75. The number of carbonyl (C=O) groups is 1. The molecule has 3 rings (SSSR count). The second-order valence-electron chi connectivity index (χ2n) is 4.81. The molecule has 1 fully saturated rings. The highest BCUT2D eigenvalue weighted by atomic mass is 16.5. The lowest BCUT2D eigenvalue weighted by Gasteiger charge is -2.28. The summed E-state index contributed by atoms with van der Waals surface area (Å²) in [5.41, 5.74) is 1.40. The highest BCUT2D eigenvalue weighted by Gasteiger charge is 2.15. The first-order chi connectivity index (χ1) is 10.2. The molecule has 0 spiro atoms. The van der Waals surface area contributed by atoms with E-state index in [1.807, 2.05) is 6.07 Å². The molecular weight excluding hydrogens is 272 g/mol. The summed E-state index contributed by atoms with van der Waals surface area (Å²) in [6.07, 6.45) is 3.29. The average molecular weight is 288 g/mol. The summed E-state index contributed by atoms with van der Waals surface area (Å²) in [4.78, 5) is 18.5. The van der Waals surface area contributed by atoms with Crippen molar-refractivity contribution in [3.8, 4) is 0 Å². The number of aromatic nitrogens is 2. The molecule has 2 aromatic rings. The van der Waals surface area contributed by atoms with Gasteiger partial charge in [-0.15, -0.1) is 0 Å². The van der Waals surface area contributed by atoms with Crippen molar-refractivity contribution >= 4 is 17.4 Å². The van der Waals surface area contributed by atoms with Crippen molar-refractivity contribution in [2.45, 2.75) is 6.92 Å². The Morgan fingerprint density at radius 2 is 2.10 bits per heavy atom. The van der Waals surface area contributed by atoms with Crippen LogP contribution in [0.3, 0.4) is 0 Å². The average Bonchev–Trinajstić information content (AvgIpc) is 2.93. The Bertz CT molecular complexity index is 635. The van der Waals surface area contributed by atoms with Crippen LogP contribution in [0.4, 0.5) is 11.5 Å². The van der Waals surface area contributed by atoms with E-state index in [1.54, 1.807) is 19.2 Å². The molecule has 110 valence electrons. The molecule has 0 bridgehead atoms. The number of morpholine rings is 1. The van der Waals surface area contributed by atoms with Crippen LogP contribution in [-0.2, 0) is 4.74 Å². The minimum atomic E-state index is -0.258. The van der Waals surface area contributed by atoms with E-state index in [-0.39, 0.29) is 5.91 Å². The van der Waals surface area contributed by atoms with E-state index in [4.69, 9.17) is 9.26 Å². The number of pyridine rings is 1. The number of aryl methyl sites for hydroxylation is 1. The number of rotatable bonds is 3. The van der Waals surface area contributed by atoms with Gasteiger partial charge < -0.3 is 19.5 Å². The first-order valence-corrected chi connectivity index (χ1v) is 6.75. The zero-order valence-electron chi connectivity index (χ0n) is 11.7. The second kappa shape index (κ2) is 5.92. The van der Waals surface area contributed by atoms with Crippen molar-refractivity contribution in [2.24, 2.45) is 0 Å². The monoisotopic (exact) mass is 288 g/mol. The fourth-order valence-electron chi connectivity index (χ4n) is 2.16. The molecule has 0 aromatic carbocycles. The van der Waals surface area contributed by atoms with E-state index in [2.05, 4.69) is 20.4 Å². The van der Waals surface area contributed by atoms with Crippen LogP contribution in [0.2, 0.25) is 0 Å². The van der Waals surface area contributed by atoms with Gasteiger partial charge >= 0.3 is 0 Å². The van der Waals surface area contributed by atoms with Crippen molar-refractivity contribution < 1.29 is 14.1 Å². The minimum Gasteiger partial charge on any atom is -0.378 e. The third kappa shape index (κ3) is 3.19. The van der Waals surface area contributed by atoms with Crippen molar-refractivity contribution in [3.05, 3.63) is 35.9 Å². The van der Waals surface area contributed by atoms with Crippen LogP contribution in [0.5, 0.6) is 0 Å². The van der Waals surface area contributed by atoms with E-state index >= 15 is 0 Å². The Hall–Kier alpha value is -2.41. The molecule has 0 aliphatic carbocycles. The largest absolute Gasteiger partial charge is 0.378 e. The number of hydrogen-bond acceptors (Lipinski definition) is 6. The number of ether oxygens (including phenoxy) is 1. The highest BCUT2D eigenvalue weighted by molar-refractivity contribution is 6.04. The standard InChI is InChI=1S/C14H16N4O3/c1-10-6-13(17-21-10)16-14(19)11-7-12(9-15-8-11)18-2-4-20-5-3-18/h6-9H,2-5H2,1H3,(H,16,17,19). The fraction of sp³-hybridized carbons (Fsp3) is 0.357. The van der Waals surface area contributed by atoms with E-state index in [9.17, 15) is 4.79 Å². The van der Waals surface area contributed by atoms with Crippen LogP contribution >= 0.6 is 0 Å². The molecule has 0 unspecified atom stereocenters. The molecule has 7 nitrogen and oxygen atoms in total. The van der Waals surface area contributed by atoms with Gasteiger partial charge in [-0.05, 0) is 13.0 Å². The van der Waals surface area contributed by atoms with Gasteiger partial charge in [-0.3, -0.25) is 9.78 Å². The molecule has 1 aliphatic heterocycles. The smallest absolute Gasteiger partial charge is 0.258 e. The summed E-state index contributed by atoms with van der Waals surface area (Å²) in [5.74, 6) is 0.783. The van der Waals surface area contributed by atoms with Crippen molar-refractivity contribution in [1.82, 2.24) is 10.1 Å².